The summed E-state index contributed by atoms with van der Waals surface area (Å²) >= 11 is 5.70. The summed E-state index contributed by atoms with van der Waals surface area (Å²) in [6, 6.07) is 6.12. The molecule has 0 amide bonds. The maximum atomic E-state index is 11.7. The van der Waals surface area contributed by atoms with Crippen LogP contribution in [0.5, 0.6) is 0 Å². The summed E-state index contributed by atoms with van der Waals surface area (Å²) in [6.07, 6.45) is 0. The number of carbonyl (C=O) groups is 2. The van der Waals surface area contributed by atoms with Crippen LogP contribution in [0.4, 0.5) is 0 Å². The van der Waals surface area contributed by atoms with Gasteiger partial charge in [0.2, 0.25) is 0 Å². The monoisotopic (exact) mass is 265 g/mol. The normalized spacial score (nSPS) is 11.4. The van der Waals surface area contributed by atoms with E-state index in [1.54, 1.807) is 13.8 Å². The first-order valence-corrected chi connectivity index (χ1v) is 5.84. The first-order valence-electron chi connectivity index (χ1n) is 5.40. The van der Waals surface area contributed by atoms with Crippen molar-refractivity contribution in [1.29, 1.82) is 5.26 Å². The lowest BCUT2D eigenvalue weighted by Gasteiger charge is -2.07. The highest BCUT2D eigenvalue weighted by atomic mass is 35.5. The first-order chi connectivity index (χ1) is 8.51. The minimum Gasteiger partial charge on any atom is -0.462 e. The van der Waals surface area contributed by atoms with Gasteiger partial charge in [0.1, 0.15) is 6.07 Å². The third-order valence-electron chi connectivity index (χ3n) is 2.28. The summed E-state index contributed by atoms with van der Waals surface area (Å²) in [5.74, 6) is -0.919. The summed E-state index contributed by atoms with van der Waals surface area (Å²) in [7, 11) is 0. The lowest BCUT2D eigenvalue weighted by molar-refractivity contribution is 0.0526. The number of nitriles is 1. The molecule has 1 atom stereocenters. The average Bonchev–Trinajstić information content (AvgIpc) is 2.37. The summed E-state index contributed by atoms with van der Waals surface area (Å²) in [4.78, 5) is 23.4. The smallest absolute Gasteiger partial charge is 0.339 e. The van der Waals surface area contributed by atoms with Crippen LogP contribution in [0.3, 0.4) is 0 Å². The van der Waals surface area contributed by atoms with Crippen LogP contribution in [0.2, 0.25) is 0 Å². The van der Waals surface area contributed by atoms with Crippen LogP contribution in [-0.2, 0) is 4.74 Å². The Hall–Kier alpha value is -1.86. The first kappa shape index (κ1) is 14.2. The van der Waals surface area contributed by atoms with Gasteiger partial charge >= 0.3 is 5.97 Å². The number of Topliss-reactive ketones (excluding diaryl/α,β-unsaturated/α-hetero) is 1. The molecule has 4 nitrogen and oxygen atoms in total. The fourth-order valence-electron chi connectivity index (χ4n) is 1.40. The molecule has 0 saturated carbocycles. The number of ketones is 1. The number of carbonyl (C=O) groups excluding carboxylic acids is 2. The molecule has 0 aliphatic carbocycles. The van der Waals surface area contributed by atoms with Crippen molar-refractivity contribution in [3.8, 4) is 6.07 Å². The highest BCUT2D eigenvalue weighted by molar-refractivity contribution is 6.33. The highest BCUT2D eigenvalue weighted by Crippen LogP contribution is 2.16. The Morgan fingerprint density at radius 1 is 1.50 bits per heavy atom. The van der Waals surface area contributed by atoms with Crippen molar-refractivity contribution < 1.29 is 14.3 Å². The summed E-state index contributed by atoms with van der Waals surface area (Å²) in [5, 5.41) is 8.22. The summed E-state index contributed by atoms with van der Waals surface area (Å²) < 4.78 is 4.83. The van der Waals surface area contributed by atoms with Gasteiger partial charge in [-0.2, -0.15) is 5.26 Å². The highest BCUT2D eigenvalue weighted by Gasteiger charge is 2.18. The number of nitrogens with zero attached hydrogens (tertiary/aromatic N) is 1. The molecule has 0 aliphatic rings. The van der Waals surface area contributed by atoms with Gasteiger partial charge in [-0.25, -0.2) is 4.79 Å². The SMILES string of the molecule is CCOC(=O)c1cc(C(=O)C(C)Cl)ccc1C#N. The Balaban J connectivity index is 3.22. The number of esters is 1. The maximum absolute atomic E-state index is 11.7. The van der Waals surface area contributed by atoms with Gasteiger partial charge in [-0.1, -0.05) is 0 Å². The van der Waals surface area contributed by atoms with E-state index in [4.69, 9.17) is 21.6 Å². The van der Waals surface area contributed by atoms with Crippen molar-refractivity contribution in [1.82, 2.24) is 0 Å². The zero-order chi connectivity index (χ0) is 13.7. The second-order valence-corrected chi connectivity index (χ2v) is 4.23. The van der Waals surface area contributed by atoms with E-state index in [0.717, 1.165) is 0 Å². The summed E-state index contributed by atoms with van der Waals surface area (Å²) in [5.41, 5.74) is 0.550. The molecule has 1 rings (SSSR count). The van der Waals surface area contributed by atoms with Crippen molar-refractivity contribution in [3.63, 3.8) is 0 Å². The van der Waals surface area contributed by atoms with Crippen molar-refractivity contribution >= 4 is 23.4 Å². The fourth-order valence-corrected chi connectivity index (χ4v) is 1.53. The molecule has 1 unspecified atom stereocenters. The van der Waals surface area contributed by atoms with E-state index >= 15 is 0 Å². The number of halogens is 1. The van der Waals surface area contributed by atoms with Crippen molar-refractivity contribution in [2.45, 2.75) is 19.2 Å². The lowest BCUT2D eigenvalue weighted by Crippen LogP contribution is -2.13. The molecule has 0 spiro atoms. The Labute approximate surface area is 110 Å². The molecule has 0 heterocycles. The number of benzene rings is 1. The molecule has 94 valence electrons. The second-order valence-electron chi connectivity index (χ2n) is 3.57. The van der Waals surface area contributed by atoms with Crippen LogP contribution in [0.1, 0.15) is 40.1 Å². The van der Waals surface area contributed by atoms with Gasteiger partial charge in [0.05, 0.1) is 23.1 Å². The van der Waals surface area contributed by atoms with E-state index in [9.17, 15) is 9.59 Å². The maximum Gasteiger partial charge on any atom is 0.339 e. The van der Waals surface area contributed by atoms with E-state index in [-0.39, 0.29) is 23.5 Å². The molecule has 0 bridgehead atoms. The largest absolute Gasteiger partial charge is 0.462 e. The average molecular weight is 266 g/mol. The quantitative estimate of drug-likeness (QED) is 0.477. The molecule has 0 N–H and O–H groups in total. The number of ether oxygens (including phenoxy) is 1. The molecule has 5 heteroatoms. The van der Waals surface area contributed by atoms with Gasteiger partial charge in [-0.05, 0) is 32.0 Å². The van der Waals surface area contributed by atoms with E-state index in [1.165, 1.54) is 18.2 Å². The van der Waals surface area contributed by atoms with Crippen molar-refractivity contribution in [3.05, 3.63) is 34.9 Å². The number of hydrogen-bond acceptors (Lipinski definition) is 4. The molecule has 0 aliphatic heterocycles. The Bertz CT molecular complexity index is 517. The predicted molar refractivity (Wildman–Crippen MR) is 66.8 cm³/mol. The van der Waals surface area contributed by atoms with Crippen LogP contribution in [0, 0.1) is 11.3 Å². The Kier molecular flexibility index (Phi) is 4.87. The topological polar surface area (TPSA) is 67.2 Å². The van der Waals surface area contributed by atoms with Crippen LogP contribution in [0.15, 0.2) is 18.2 Å². The lowest BCUT2D eigenvalue weighted by atomic mass is 10.0. The molecular formula is C13H12ClNO3. The van der Waals surface area contributed by atoms with Crippen LogP contribution in [-0.4, -0.2) is 23.7 Å². The molecule has 0 aromatic heterocycles. The minimum atomic E-state index is -0.687. The van der Waals surface area contributed by atoms with Gasteiger partial charge in [-0.3, -0.25) is 4.79 Å². The molecule has 18 heavy (non-hydrogen) atoms. The molecule has 1 aromatic carbocycles. The van der Waals surface area contributed by atoms with Crippen LogP contribution < -0.4 is 0 Å². The van der Waals surface area contributed by atoms with Crippen molar-refractivity contribution in [2.24, 2.45) is 0 Å². The van der Waals surface area contributed by atoms with Gasteiger partial charge < -0.3 is 4.74 Å². The van der Waals surface area contributed by atoms with Crippen LogP contribution >= 0.6 is 11.6 Å². The molecular weight excluding hydrogens is 254 g/mol. The molecule has 0 saturated heterocycles. The van der Waals surface area contributed by atoms with Gasteiger partial charge in [0, 0.05) is 5.56 Å². The van der Waals surface area contributed by atoms with E-state index in [0.29, 0.717) is 5.56 Å². The van der Waals surface area contributed by atoms with Gasteiger partial charge in [0.25, 0.3) is 0 Å². The predicted octanol–water partition coefficient (Wildman–Crippen LogP) is 2.54. The zero-order valence-corrected chi connectivity index (χ0v) is 10.8. The molecule has 0 radical (unpaired) electrons. The van der Waals surface area contributed by atoms with E-state index < -0.39 is 11.3 Å². The Morgan fingerprint density at radius 2 is 2.17 bits per heavy atom. The van der Waals surface area contributed by atoms with E-state index in [2.05, 4.69) is 0 Å². The molecule has 0 fully saturated rings. The third-order valence-corrected chi connectivity index (χ3v) is 2.48. The van der Waals surface area contributed by atoms with Gasteiger partial charge in [-0.15, -0.1) is 11.6 Å². The fraction of sp³-hybridized carbons (Fsp3) is 0.308. The second kappa shape index (κ2) is 6.18. The van der Waals surface area contributed by atoms with E-state index in [1.807, 2.05) is 6.07 Å². The minimum absolute atomic E-state index is 0.0857. The van der Waals surface area contributed by atoms with Gasteiger partial charge in [0.15, 0.2) is 5.78 Å². The summed E-state index contributed by atoms with van der Waals surface area (Å²) in [6.45, 7) is 3.42. The van der Waals surface area contributed by atoms with Crippen LogP contribution in [0.25, 0.3) is 0 Å². The third kappa shape index (κ3) is 3.08. The zero-order valence-electron chi connectivity index (χ0n) is 10.1. The molecule has 1 aromatic rings. The van der Waals surface area contributed by atoms with Crippen molar-refractivity contribution in [2.75, 3.05) is 6.61 Å². The number of rotatable bonds is 4. The standard InChI is InChI=1S/C13H12ClNO3/c1-3-18-13(17)11-6-9(12(16)8(2)14)4-5-10(11)7-15/h4-6,8H,3H2,1-2H3. The number of alkyl halides is 1. The Morgan fingerprint density at radius 3 is 2.67 bits per heavy atom. The number of hydrogen-bond donors (Lipinski definition) is 0.